The van der Waals surface area contributed by atoms with E-state index >= 15 is 0 Å². The van der Waals surface area contributed by atoms with Crippen molar-refractivity contribution in [1.82, 2.24) is 9.72 Å². The number of alkyl halides is 3. The van der Waals surface area contributed by atoms with Gasteiger partial charge in [-0.25, -0.2) is 0 Å². The molecule has 2 aromatic heterocycles. The summed E-state index contributed by atoms with van der Waals surface area (Å²) in [6.45, 7) is 4.64. The second-order valence-electron chi connectivity index (χ2n) is 8.63. The van der Waals surface area contributed by atoms with E-state index < -0.39 is 11.9 Å². The molecular formula is C26H27F3N2O5. The van der Waals surface area contributed by atoms with Crippen molar-refractivity contribution in [3.05, 3.63) is 53.9 Å². The van der Waals surface area contributed by atoms with Crippen LogP contribution in [0.15, 0.2) is 47.1 Å². The van der Waals surface area contributed by atoms with Crippen LogP contribution in [0.25, 0.3) is 21.9 Å². The van der Waals surface area contributed by atoms with Gasteiger partial charge in [-0.3, -0.25) is 4.79 Å². The van der Waals surface area contributed by atoms with Gasteiger partial charge in [0.15, 0.2) is 11.3 Å². The Labute approximate surface area is 205 Å². The van der Waals surface area contributed by atoms with E-state index in [2.05, 4.69) is 5.16 Å². The van der Waals surface area contributed by atoms with Gasteiger partial charge in [0.2, 0.25) is 0 Å². The van der Waals surface area contributed by atoms with E-state index in [0.29, 0.717) is 43.1 Å². The number of hydrogen-bond acceptors (Lipinski definition) is 6. The third-order valence-corrected chi connectivity index (χ3v) is 5.82. The molecule has 0 N–H and O–H groups in total. The number of benzene rings is 2. The average molecular weight is 505 g/mol. The molecule has 2 aromatic carbocycles. The third-order valence-electron chi connectivity index (χ3n) is 5.82. The Morgan fingerprint density at radius 3 is 2.53 bits per heavy atom. The Balaban J connectivity index is 1.44. The molecule has 0 amide bonds. The first-order chi connectivity index (χ1) is 17.2. The lowest BCUT2D eigenvalue weighted by atomic mass is 10.0. The van der Waals surface area contributed by atoms with Gasteiger partial charge in [0.1, 0.15) is 18.0 Å². The standard InChI is InChI=1S/C26H27F3N2O5/c1-4-6-18-22(10-9-19-24(18)36-30-25(19)26(27,28)29)35-15-16(2)14-34-21-8-5-7-20-17(21)11-12-31(20)13-23(32)33-3/h5,7-12,16H,4,6,13-15H2,1-3H3. The highest BCUT2D eigenvalue weighted by Crippen LogP contribution is 2.38. The summed E-state index contributed by atoms with van der Waals surface area (Å²) in [7, 11) is 1.35. The Hall–Kier alpha value is -3.69. The van der Waals surface area contributed by atoms with Gasteiger partial charge < -0.3 is 23.3 Å². The maximum Gasteiger partial charge on any atom is 0.437 e. The first-order valence-electron chi connectivity index (χ1n) is 11.6. The van der Waals surface area contributed by atoms with Crippen LogP contribution in [0.5, 0.6) is 11.5 Å². The molecule has 4 rings (SSSR count). The summed E-state index contributed by atoms with van der Waals surface area (Å²) < 4.78 is 63.3. The molecule has 0 saturated heterocycles. The number of hydrogen-bond donors (Lipinski definition) is 0. The first-order valence-corrected chi connectivity index (χ1v) is 11.6. The van der Waals surface area contributed by atoms with Crippen molar-refractivity contribution in [2.45, 2.75) is 39.4 Å². The zero-order chi connectivity index (χ0) is 25.9. The highest BCUT2D eigenvalue weighted by molar-refractivity contribution is 5.87. The highest BCUT2D eigenvalue weighted by Gasteiger charge is 2.37. The van der Waals surface area contributed by atoms with Gasteiger partial charge in [-0.1, -0.05) is 31.5 Å². The molecule has 0 aliphatic carbocycles. The van der Waals surface area contributed by atoms with Gasteiger partial charge in [0.05, 0.1) is 31.2 Å². The average Bonchev–Trinajstić information content (AvgIpc) is 3.47. The number of nitrogens with zero attached hydrogens (tertiary/aromatic N) is 2. The van der Waals surface area contributed by atoms with Crippen LogP contribution in [-0.4, -0.2) is 36.0 Å². The quantitative estimate of drug-likeness (QED) is 0.246. The van der Waals surface area contributed by atoms with Crippen molar-refractivity contribution in [2.24, 2.45) is 5.92 Å². The summed E-state index contributed by atoms with van der Waals surface area (Å²) in [5.74, 6) is 0.786. The van der Waals surface area contributed by atoms with Crippen molar-refractivity contribution in [2.75, 3.05) is 20.3 Å². The molecule has 0 saturated carbocycles. The molecule has 0 radical (unpaired) electrons. The van der Waals surface area contributed by atoms with Crippen molar-refractivity contribution in [3.8, 4) is 11.5 Å². The maximum absolute atomic E-state index is 13.2. The van der Waals surface area contributed by atoms with Gasteiger partial charge in [-0.2, -0.15) is 13.2 Å². The lowest BCUT2D eigenvalue weighted by Crippen LogP contribution is -2.17. The Morgan fingerprint density at radius 2 is 1.83 bits per heavy atom. The smallest absolute Gasteiger partial charge is 0.437 e. The number of methoxy groups -OCH3 is 1. The molecule has 0 bridgehead atoms. The van der Waals surface area contributed by atoms with E-state index in [1.165, 1.54) is 19.2 Å². The van der Waals surface area contributed by atoms with Crippen molar-refractivity contribution in [1.29, 1.82) is 0 Å². The van der Waals surface area contributed by atoms with E-state index in [4.69, 9.17) is 18.7 Å². The van der Waals surface area contributed by atoms with Crippen LogP contribution in [0.3, 0.4) is 0 Å². The minimum atomic E-state index is -4.59. The molecule has 1 atom stereocenters. The number of fused-ring (bicyclic) bond motifs is 2. The second kappa shape index (κ2) is 10.5. The number of esters is 1. The van der Waals surface area contributed by atoms with Gasteiger partial charge in [-0.15, -0.1) is 0 Å². The van der Waals surface area contributed by atoms with Crippen LogP contribution in [-0.2, 0) is 28.7 Å². The number of carbonyl (C=O) groups excluding carboxylic acids is 1. The fourth-order valence-electron chi connectivity index (χ4n) is 4.04. The molecule has 2 heterocycles. The van der Waals surface area contributed by atoms with Crippen LogP contribution in [0.2, 0.25) is 0 Å². The summed E-state index contributed by atoms with van der Waals surface area (Å²) >= 11 is 0. The number of halogens is 3. The van der Waals surface area contributed by atoms with Gasteiger partial charge >= 0.3 is 12.1 Å². The van der Waals surface area contributed by atoms with Gasteiger partial charge in [-0.05, 0) is 36.8 Å². The van der Waals surface area contributed by atoms with Crippen LogP contribution < -0.4 is 9.47 Å². The van der Waals surface area contributed by atoms with Crippen LogP contribution in [0, 0.1) is 5.92 Å². The third kappa shape index (κ3) is 5.27. The zero-order valence-electron chi connectivity index (χ0n) is 20.2. The van der Waals surface area contributed by atoms with E-state index in [-0.39, 0.29) is 29.4 Å². The molecular weight excluding hydrogens is 477 g/mol. The summed E-state index contributed by atoms with van der Waals surface area (Å²) in [4.78, 5) is 11.6. The monoisotopic (exact) mass is 504 g/mol. The van der Waals surface area contributed by atoms with E-state index in [1.54, 1.807) is 10.8 Å². The molecule has 0 fully saturated rings. The fraction of sp³-hybridized carbons (Fsp3) is 0.385. The van der Waals surface area contributed by atoms with Crippen molar-refractivity contribution < 1.29 is 36.7 Å². The maximum atomic E-state index is 13.2. The van der Waals surface area contributed by atoms with Crippen LogP contribution in [0.1, 0.15) is 31.5 Å². The van der Waals surface area contributed by atoms with E-state index in [1.807, 2.05) is 38.1 Å². The zero-order valence-corrected chi connectivity index (χ0v) is 20.2. The predicted octanol–water partition coefficient (Wildman–Crippen LogP) is 6.02. The molecule has 192 valence electrons. The summed E-state index contributed by atoms with van der Waals surface area (Å²) in [5, 5.41) is 4.06. The number of ether oxygens (including phenoxy) is 3. The molecule has 1 unspecified atom stereocenters. The normalized spacial score (nSPS) is 12.7. The number of rotatable bonds is 10. The summed E-state index contributed by atoms with van der Waals surface area (Å²) in [6.07, 6.45) is -1.59. The van der Waals surface area contributed by atoms with E-state index in [9.17, 15) is 18.0 Å². The SMILES string of the molecule is CCCc1c(OCC(C)COc2cccc3c2ccn3CC(=O)OC)ccc2c(C(F)(F)F)noc12. The Kier molecular flexibility index (Phi) is 7.42. The molecule has 0 aliphatic rings. The number of aryl methyl sites for hydroxylation is 1. The minimum absolute atomic E-state index is 0.0250. The fourth-order valence-corrected chi connectivity index (χ4v) is 4.04. The number of carbonyl (C=O) groups is 1. The van der Waals surface area contributed by atoms with E-state index in [0.717, 1.165) is 10.9 Å². The van der Waals surface area contributed by atoms with Crippen molar-refractivity contribution in [3.63, 3.8) is 0 Å². The molecule has 4 aromatic rings. The Bertz CT molecular complexity index is 1360. The summed E-state index contributed by atoms with van der Waals surface area (Å²) in [6, 6.07) is 10.4. The van der Waals surface area contributed by atoms with Crippen LogP contribution in [0.4, 0.5) is 13.2 Å². The molecule has 0 spiro atoms. The molecule has 7 nitrogen and oxygen atoms in total. The number of aromatic nitrogens is 2. The highest BCUT2D eigenvalue weighted by atomic mass is 19.4. The largest absolute Gasteiger partial charge is 0.493 e. The second-order valence-corrected chi connectivity index (χ2v) is 8.63. The lowest BCUT2D eigenvalue weighted by molar-refractivity contribution is -0.142. The molecule has 36 heavy (non-hydrogen) atoms. The van der Waals surface area contributed by atoms with Crippen LogP contribution >= 0.6 is 0 Å². The Morgan fingerprint density at radius 1 is 1.08 bits per heavy atom. The molecule has 0 aliphatic heterocycles. The summed E-state index contributed by atoms with van der Waals surface area (Å²) in [5.41, 5.74) is 0.499. The van der Waals surface area contributed by atoms with Gasteiger partial charge in [0.25, 0.3) is 0 Å². The predicted molar refractivity (Wildman–Crippen MR) is 127 cm³/mol. The molecule has 10 heteroatoms. The topological polar surface area (TPSA) is 75.7 Å². The minimum Gasteiger partial charge on any atom is -0.493 e. The lowest BCUT2D eigenvalue weighted by Gasteiger charge is -2.17. The first kappa shape index (κ1) is 25.4. The van der Waals surface area contributed by atoms with Crippen molar-refractivity contribution >= 4 is 27.8 Å². The van der Waals surface area contributed by atoms with Gasteiger partial charge in [0, 0.05) is 23.1 Å².